The van der Waals surface area contributed by atoms with E-state index in [1.165, 1.54) is 22.7 Å². The number of hydrogen-bond acceptors (Lipinski definition) is 6. The molecule has 0 bridgehead atoms. The summed E-state index contributed by atoms with van der Waals surface area (Å²) in [6, 6.07) is 17.5. The van der Waals surface area contributed by atoms with Crippen LogP contribution in [0.1, 0.15) is 43.0 Å². The van der Waals surface area contributed by atoms with Crippen molar-refractivity contribution >= 4 is 28.8 Å². The number of anilines is 1. The van der Waals surface area contributed by atoms with Crippen LogP contribution < -0.4 is 24.4 Å². The fourth-order valence-electron chi connectivity index (χ4n) is 4.81. The number of amides is 2. The first-order chi connectivity index (χ1) is 17.6. The minimum atomic E-state index is -0.906. The average molecular weight is 507 g/mol. The van der Waals surface area contributed by atoms with E-state index in [0.717, 1.165) is 30.6 Å². The molecule has 1 aliphatic carbocycles. The molecule has 8 heteroatoms. The molecule has 1 fully saturated rings. The van der Waals surface area contributed by atoms with Crippen molar-refractivity contribution in [1.29, 1.82) is 0 Å². The Morgan fingerprint density at radius 1 is 1.03 bits per heavy atom. The van der Waals surface area contributed by atoms with Gasteiger partial charge in [0.1, 0.15) is 18.4 Å². The molecule has 2 aliphatic rings. The van der Waals surface area contributed by atoms with Crippen LogP contribution in [0, 0.1) is 0 Å². The van der Waals surface area contributed by atoms with Gasteiger partial charge in [0.25, 0.3) is 5.91 Å². The van der Waals surface area contributed by atoms with Gasteiger partial charge in [0.15, 0.2) is 11.5 Å². The van der Waals surface area contributed by atoms with Gasteiger partial charge in [0.05, 0.1) is 7.11 Å². The van der Waals surface area contributed by atoms with Gasteiger partial charge in [-0.25, -0.2) is 0 Å². The van der Waals surface area contributed by atoms with E-state index in [4.69, 9.17) is 14.2 Å². The summed E-state index contributed by atoms with van der Waals surface area (Å²) in [4.78, 5) is 30.3. The first-order valence-electron chi connectivity index (χ1n) is 12.3. The number of benzene rings is 2. The number of para-hydroxylation sites is 2. The second-order valence-corrected chi connectivity index (χ2v) is 10.0. The Morgan fingerprint density at radius 3 is 2.58 bits per heavy atom. The zero-order valence-electron chi connectivity index (χ0n) is 20.2. The van der Waals surface area contributed by atoms with Crippen molar-refractivity contribution in [1.82, 2.24) is 5.32 Å². The maximum Gasteiger partial charge on any atom is 0.272 e. The molecule has 1 aliphatic heterocycles. The fourth-order valence-corrected chi connectivity index (χ4v) is 5.62. The van der Waals surface area contributed by atoms with Crippen molar-refractivity contribution in [2.24, 2.45) is 0 Å². The lowest BCUT2D eigenvalue weighted by molar-refractivity contribution is -0.132. The minimum absolute atomic E-state index is 0.0533. The molecular formula is C28H30N2O5S. The number of methoxy groups -OCH3 is 1. The molecule has 1 aromatic heterocycles. The summed E-state index contributed by atoms with van der Waals surface area (Å²) in [5.41, 5.74) is 0.555. The monoisotopic (exact) mass is 506 g/mol. The van der Waals surface area contributed by atoms with Gasteiger partial charge in [0, 0.05) is 22.7 Å². The second-order valence-electron chi connectivity index (χ2n) is 9.04. The van der Waals surface area contributed by atoms with Crippen LogP contribution in [0.25, 0.3) is 0 Å². The zero-order valence-corrected chi connectivity index (χ0v) is 21.0. The number of hydrogen-bond donors (Lipinski definition) is 1. The smallest absolute Gasteiger partial charge is 0.272 e. The molecule has 1 saturated carbocycles. The van der Waals surface area contributed by atoms with Crippen LogP contribution in [-0.2, 0) is 9.59 Å². The summed E-state index contributed by atoms with van der Waals surface area (Å²) in [5, 5.41) is 5.15. The third-order valence-electron chi connectivity index (χ3n) is 6.62. The SMILES string of the molecule is COc1cccc(N(C(=O)[C@H]2COc3ccccc3O2)[C@@H](C(=O)NC2CCCCC2)c2cccs2)c1. The zero-order chi connectivity index (χ0) is 24.9. The maximum atomic E-state index is 14.1. The number of nitrogens with zero attached hydrogens (tertiary/aromatic N) is 1. The highest BCUT2D eigenvalue weighted by atomic mass is 32.1. The summed E-state index contributed by atoms with van der Waals surface area (Å²) >= 11 is 1.45. The van der Waals surface area contributed by atoms with Gasteiger partial charge in [-0.15, -0.1) is 11.3 Å². The molecule has 36 heavy (non-hydrogen) atoms. The van der Waals surface area contributed by atoms with Gasteiger partial charge in [-0.1, -0.05) is 43.5 Å². The van der Waals surface area contributed by atoms with Crippen molar-refractivity contribution in [3.05, 3.63) is 70.9 Å². The predicted octanol–water partition coefficient (Wildman–Crippen LogP) is 5.12. The van der Waals surface area contributed by atoms with Crippen LogP contribution in [0.5, 0.6) is 17.2 Å². The van der Waals surface area contributed by atoms with E-state index in [-0.39, 0.29) is 24.5 Å². The van der Waals surface area contributed by atoms with Gasteiger partial charge in [0.2, 0.25) is 12.0 Å². The van der Waals surface area contributed by atoms with Crippen molar-refractivity contribution in [2.45, 2.75) is 50.3 Å². The lowest BCUT2D eigenvalue weighted by atomic mass is 9.95. The van der Waals surface area contributed by atoms with Gasteiger partial charge in [-0.3, -0.25) is 14.5 Å². The molecular weight excluding hydrogens is 476 g/mol. The topological polar surface area (TPSA) is 77.1 Å². The Balaban J connectivity index is 1.52. The average Bonchev–Trinajstić information content (AvgIpc) is 3.46. The Bertz CT molecular complexity index is 1190. The van der Waals surface area contributed by atoms with Crippen LogP contribution in [-0.4, -0.2) is 37.7 Å². The minimum Gasteiger partial charge on any atom is -0.497 e. The van der Waals surface area contributed by atoms with Crippen molar-refractivity contribution in [3.8, 4) is 17.2 Å². The van der Waals surface area contributed by atoms with E-state index in [1.54, 1.807) is 19.2 Å². The van der Waals surface area contributed by atoms with Crippen molar-refractivity contribution in [3.63, 3.8) is 0 Å². The summed E-state index contributed by atoms with van der Waals surface area (Å²) in [5.74, 6) is 1.15. The number of nitrogens with one attached hydrogen (secondary N) is 1. The van der Waals surface area contributed by atoms with E-state index < -0.39 is 12.1 Å². The van der Waals surface area contributed by atoms with E-state index in [0.29, 0.717) is 22.9 Å². The van der Waals surface area contributed by atoms with E-state index in [1.807, 2.05) is 53.9 Å². The second kappa shape index (κ2) is 11.0. The number of ether oxygens (including phenoxy) is 3. The molecule has 7 nitrogen and oxygen atoms in total. The Kier molecular flexibility index (Phi) is 7.41. The summed E-state index contributed by atoms with van der Waals surface area (Å²) in [6.45, 7) is 0.0533. The number of thiophene rings is 1. The summed E-state index contributed by atoms with van der Waals surface area (Å²) in [7, 11) is 1.58. The highest BCUT2D eigenvalue weighted by molar-refractivity contribution is 7.10. The van der Waals surface area contributed by atoms with Gasteiger partial charge >= 0.3 is 0 Å². The molecule has 0 spiro atoms. The van der Waals surface area contributed by atoms with E-state index in [9.17, 15) is 9.59 Å². The van der Waals surface area contributed by atoms with Crippen LogP contribution in [0.3, 0.4) is 0 Å². The third-order valence-corrected chi connectivity index (χ3v) is 7.55. The number of carbonyl (C=O) groups is 2. The lowest BCUT2D eigenvalue weighted by Crippen LogP contribution is -2.52. The highest BCUT2D eigenvalue weighted by Crippen LogP contribution is 2.36. The molecule has 1 N–H and O–H groups in total. The Labute approximate surface area is 215 Å². The molecule has 5 rings (SSSR count). The first-order valence-corrected chi connectivity index (χ1v) is 13.2. The molecule has 2 amide bonds. The van der Waals surface area contributed by atoms with Crippen LogP contribution in [0.15, 0.2) is 66.0 Å². The molecule has 0 saturated heterocycles. The van der Waals surface area contributed by atoms with E-state index >= 15 is 0 Å². The highest BCUT2D eigenvalue weighted by Gasteiger charge is 2.40. The largest absolute Gasteiger partial charge is 0.497 e. The molecule has 2 atom stereocenters. The lowest BCUT2D eigenvalue weighted by Gasteiger charge is -2.36. The normalized spacial score (nSPS) is 18.2. The van der Waals surface area contributed by atoms with Crippen LogP contribution >= 0.6 is 11.3 Å². The van der Waals surface area contributed by atoms with Crippen molar-refractivity contribution in [2.75, 3.05) is 18.6 Å². The molecule has 2 aromatic carbocycles. The molecule has 0 unspecified atom stereocenters. The molecule has 3 aromatic rings. The number of fused-ring (bicyclic) bond motifs is 1. The maximum absolute atomic E-state index is 14.1. The van der Waals surface area contributed by atoms with Crippen LogP contribution in [0.4, 0.5) is 5.69 Å². The van der Waals surface area contributed by atoms with Crippen molar-refractivity contribution < 1.29 is 23.8 Å². The molecule has 188 valence electrons. The van der Waals surface area contributed by atoms with Gasteiger partial charge in [-0.05, 0) is 48.6 Å². The third kappa shape index (κ3) is 5.18. The Hall–Kier alpha value is -3.52. The predicted molar refractivity (Wildman–Crippen MR) is 139 cm³/mol. The first kappa shape index (κ1) is 24.2. The molecule has 0 radical (unpaired) electrons. The standard InChI is InChI=1S/C28H30N2O5S/c1-33-21-12-7-11-20(17-21)30(28(32)24-18-34-22-13-5-6-14-23(22)35-24)26(25-15-8-16-36-25)27(31)29-19-9-3-2-4-10-19/h5-8,11-17,19,24,26H,2-4,9-10,18H2,1H3,(H,29,31)/t24-,26-/m1/s1. The van der Waals surface area contributed by atoms with Gasteiger partial charge < -0.3 is 19.5 Å². The summed E-state index contributed by atoms with van der Waals surface area (Å²) < 4.78 is 17.4. The quantitative estimate of drug-likeness (QED) is 0.481. The molecule has 2 heterocycles. The summed E-state index contributed by atoms with van der Waals surface area (Å²) in [6.07, 6.45) is 4.38. The number of rotatable bonds is 7. The van der Waals surface area contributed by atoms with Gasteiger partial charge in [-0.2, -0.15) is 0 Å². The Morgan fingerprint density at radius 2 is 1.83 bits per heavy atom. The van der Waals surface area contributed by atoms with E-state index in [2.05, 4.69) is 5.32 Å². The number of carbonyl (C=O) groups excluding carboxylic acids is 2. The van der Waals surface area contributed by atoms with Crippen LogP contribution in [0.2, 0.25) is 0 Å². The fraction of sp³-hybridized carbons (Fsp3) is 0.357.